The highest BCUT2D eigenvalue weighted by Crippen LogP contribution is 2.32. The summed E-state index contributed by atoms with van der Waals surface area (Å²) in [5.74, 6) is 1.48. The smallest absolute Gasteiger partial charge is 0.227 e. The molecule has 1 aromatic heterocycles. The Bertz CT molecular complexity index is 952. The number of para-hydroxylation sites is 2. The van der Waals surface area contributed by atoms with Crippen molar-refractivity contribution in [2.75, 3.05) is 6.54 Å². The fraction of sp³-hybridized carbons (Fsp3) is 0.346. The van der Waals surface area contributed by atoms with E-state index in [2.05, 4.69) is 25.3 Å². The normalized spacial score (nSPS) is 12.3. The standard InChI is InChI=1S/C26H33N3O2/c1-5-6-15-23(30)18-28(20(2)3)19-25-21(4)27-29(22-13-9-7-10-14-22)26(25)31-24-16-11-8-12-17-24/h5,7-14,16-17,20,23,30H,1,6,15,18-19H2,2-4H3/t23-/m1/s1. The summed E-state index contributed by atoms with van der Waals surface area (Å²) in [5.41, 5.74) is 2.89. The maximum absolute atomic E-state index is 10.5. The summed E-state index contributed by atoms with van der Waals surface area (Å²) >= 11 is 0. The third kappa shape index (κ3) is 6.06. The molecule has 1 atom stereocenters. The SMILES string of the molecule is C=CCC[C@@H](O)CN(Cc1c(C)nn(-c2ccccc2)c1Oc1ccccc1)C(C)C. The van der Waals surface area contributed by atoms with Crippen LogP contribution in [0.5, 0.6) is 11.6 Å². The number of benzene rings is 2. The van der Waals surface area contributed by atoms with E-state index in [1.165, 1.54) is 0 Å². The van der Waals surface area contributed by atoms with Gasteiger partial charge in [0, 0.05) is 19.1 Å². The molecule has 0 amide bonds. The molecule has 0 spiro atoms. The number of aliphatic hydroxyl groups is 1. The van der Waals surface area contributed by atoms with E-state index in [0.29, 0.717) is 25.4 Å². The van der Waals surface area contributed by atoms with Crippen molar-refractivity contribution in [2.45, 2.75) is 52.3 Å². The fourth-order valence-corrected chi connectivity index (χ4v) is 3.50. The first-order valence-electron chi connectivity index (χ1n) is 10.9. The summed E-state index contributed by atoms with van der Waals surface area (Å²) in [6.07, 6.45) is 2.97. The minimum Gasteiger partial charge on any atom is -0.439 e. The summed E-state index contributed by atoms with van der Waals surface area (Å²) in [6, 6.07) is 20.1. The number of allylic oxidation sites excluding steroid dienone is 1. The molecular formula is C26H33N3O2. The van der Waals surface area contributed by atoms with Crippen molar-refractivity contribution in [1.82, 2.24) is 14.7 Å². The maximum Gasteiger partial charge on any atom is 0.227 e. The van der Waals surface area contributed by atoms with Gasteiger partial charge in [0.1, 0.15) is 5.75 Å². The Morgan fingerprint density at radius 2 is 1.74 bits per heavy atom. The number of hydrogen-bond donors (Lipinski definition) is 1. The Hall–Kier alpha value is -2.89. The van der Waals surface area contributed by atoms with E-state index in [4.69, 9.17) is 9.84 Å². The summed E-state index contributed by atoms with van der Waals surface area (Å²) in [6.45, 7) is 11.3. The van der Waals surface area contributed by atoms with Crippen molar-refractivity contribution >= 4 is 0 Å². The zero-order chi connectivity index (χ0) is 22.2. The lowest BCUT2D eigenvalue weighted by Crippen LogP contribution is -2.37. The van der Waals surface area contributed by atoms with Crippen LogP contribution in [0, 0.1) is 6.92 Å². The number of hydrogen-bond acceptors (Lipinski definition) is 4. The van der Waals surface area contributed by atoms with Gasteiger partial charge in [-0.1, -0.05) is 42.5 Å². The Morgan fingerprint density at radius 1 is 1.10 bits per heavy atom. The van der Waals surface area contributed by atoms with Gasteiger partial charge in [0.25, 0.3) is 0 Å². The molecule has 0 aliphatic heterocycles. The summed E-state index contributed by atoms with van der Waals surface area (Å²) in [7, 11) is 0. The average Bonchev–Trinajstić information content (AvgIpc) is 3.08. The number of rotatable bonds is 11. The Labute approximate surface area is 185 Å². The van der Waals surface area contributed by atoms with Crippen LogP contribution in [0.2, 0.25) is 0 Å². The quantitative estimate of drug-likeness (QED) is 0.416. The first kappa shape index (κ1) is 22.8. The lowest BCUT2D eigenvalue weighted by atomic mass is 10.1. The molecule has 0 radical (unpaired) electrons. The van der Waals surface area contributed by atoms with Gasteiger partial charge in [-0.15, -0.1) is 6.58 Å². The molecule has 31 heavy (non-hydrogen) atoms. The van der Waals surface area contributed by atoms with Crippen LogP contribution < -0.4 is 4.74 Å². The summed E-state index contributed by atoms with van der Waals surface area (Å²) in [4.78, 5) is 2.27. The van der Waals surface area contributed by atoms with Crippen molar-refractivity contribution in [2.24, 2.45) is 0 Å². The van der Waals surface area contributed by atoms with Gasteiger partial charge in [0.15, 0.2) is 0 Å². The van der Waals surface area contributed by atoms with E-state index in [0.717, 1.165) is 29.1 Å². The maximum atomic E-state index is 10.5. The van der Waals surface area contributed by atoms with Gasteiger partial charge >= 0.3 is 0 Å². The molecule has 0 unspecified atom stereocenters. The molecule has 3 aromatic rings. The van der Waals surface area contributed by atoms with Crippen LogP contribution in [-0.4, -0.2) is 38.5 Å². The van der Waals surface area contributed by atoms with Crippen LogP contribution in [0.3, 0.4) is 0 Å². The van der Waals surface area contributed by atoms with Crippen molar-refractivity contribution in [3.8, 4) is 17.3 Å². The molecule has 3 rings (SSSR count). The summed E-state index contributed by atoms with van der Waals surface area (Å²) in [5, 5.41) is 15.3. The number of aryl methyl sites for hydroxylation is 1. The molecule has 0 aliphatic carbocycles. The van der Waals surface area contributed by atoms with Gasteiger partial charge in [0.2, 0.25) is 5.88 Å². The molecule has 0 saturated carbocycles. The van der Waals surface area contributed by atoms with Crippen LogP contribution in [0.15, 0.2) is 73.3 Å². The zero-order valence-corrected chi connectivity index (χ0v) is 18.7. The molecule has 0 fully saturated rings. The molecule has 5 nitrogen and oxygen atoms in total. The second kappa shape index (κ2) is 10.9. The fourth-order valence-electron chi connectivity index (χ4n) is 3.50. The molecule has 164 valence electrons. The molecule has 1 heterocycles. The predicted octanol–water partition coefficient (Wildman–Crippen LogP) is 5.51. The second-order valence-electron chi connectivity index (χ2n) is 8.07. The second-order valence-corrected chi connectivity index (χ2v) is 8.07. The third-order valence-corrected chi connectivity index (χ3v) is 5.34. The largest absolute Gasteiger partial charge is 0.439 e. The molecule has 0 bridgehead atoms. The lowest BCUT2D eigenvalue weighted by molar-refractivity contribution is 0.0849. The minimum atomic E-state index is -0.400. The van der Waals surface area contributed by atoms with Gasteiger partial charge in [0.05, 0.1) is 23.0 Å². The topological polar surface area (TPSA) is 50.5 Å². The lowest BCUT2D eigenvalue weighted by Gasteiger charge is -2.29. The monoisotopic (exact) mass is 419 g/mol. The van der Waals surface area contributed by atoms with Gasteiger partial charge in [-0.3, -0.25) is 4.90 Å². The van der Waals surface area contributed by atoms with Gasteiger partial charge in [-0.25, -0.2) is 4.68 Å². The number of aliphatic hydroxyl groups excluding tert-OH is 1. The average molecular weight is 420 g/mol. The zero-order valence-electron chi connectivity index (χ0n) is 18.7. The third-order valence-electron chi connectivity index (χ3n) is 5.34. The van der Waals surface area contributed by atoms with Crippen LogP contribution in [0.4, 0.5) is 0 Å². The first-order chi connectivity index (χ1) is 15.0. The van der Waals surface area contributed by atoms with Crippen LogP contribution in [0.25, 0.3) is 5.69 Å². The van der Waals surface area contributed by atoms with E-state index in [1.54, 1.807) is 0 Å². The number of ether oxygens (including phenoxy) is 1. The van der Waals surface area contributed by atoms with Crippen LogP contribution >= 0.6 is 0 Å². The molecule has 0 saturated heterocycles. The molecule has 1 N–H and O–H groups in total. The van der Waals surface area contributed by atoms with E-state index in [1.807, 2.05) is 78.3 Å². The Morgan fingerprint density at radius 3 is 2.35 bits per heavy atom. The molecule has 0 aliphatic rings. The van der Waals surface area contributed by atoms with Crippen molar-refractivity contribution in [1.29, 1.82) is 0 Å². The van der Waals surface area contributed by atoms with Gasteiger partial charge in [-0.2, -0.15) is 5.10 Å². The highest BCUT2D eigenvalue weighted by molar-refractivity contribution is 5.43. The highest BCUT2D eigenvalue weighted by atomic mass is 16.5. The minimum absolute atomic E-state index is 0.266. The van der Waals surface area contributed by atoms with Gasteiger partial charge < -0.3 is 9.84 Å². The Balaban J connectivity index is 1.96. The molecule has 5 heteroatoms. The first-order valence-corrected chi connectivity index (χ1v) is 10.9. The van der Waals surface area contributed by atoms with E-state index in [9.17, 15) is 5.11 Å². The molecule has 2 aromatic carbocycles. The van der Waals surface area contributed by atoms with E-state index in [-0.39, 0.29) is 6.04 Å². The number of aromatic nitrogens is 2. The van der Waals surface area contributed by atoms with Crippen LogP contribution in [0.1, 0.15) is 37.9 Å². The Kier molecular flexibility index (Phi) is 8.04. The predicted molar refractivity (Wildman–Crippen MR) is 126 cm³/mol. The van der Waals surface area contributed by atoms with E-state index < -0.39 is 6.10 Å². The van der Waals surface area contributed by atoms with Crippen molar-refractivity contribution in [3.63, 3.8) is 0 Å². The summed E-state index contributed by atoms with van der Waals surface area (Å²) < 4.78 is 8.23. The van der Waals surface area contributed by atoms with Crippen LogP contribution in [-0.2, 0) is 6.54 Å². The highest BCUT2D eigenvalue weighted by Gasteiger charge is 2.23. The van der Waals surface area contributed by atoms with Gasteiger partial charge in [-0.05, 0) is 57.9 Å². The van der Waals surface area contributed by atoms with E-state index >= 15 is 0 Å². The van der Waals surface area contributed by atoms with Crippen molar-refractivity contribution in [3.05, 3.63) is 84.6 Å². The van der Waals surface area contributed by atoms with Crippen molar-refractivity contribution < 1.29 is 9.84 Å². The number of nitrogens with zero attached hydrogens (tertiary/aromatic N) is 3. The molecular weight excluding hydrogens is 386 g/mol.